The van der Waals surface area contributed by atoms with Crippen molar-refractivity contribution in [2.75, 3.05) is 0 Å². The number of para-hydroxylation sites is 2. The third-order valence-electron chi connectivity index (χ3n) is 11.1. The van der Waals surface area contributed by atoms with Crippen molar-refractivity contribution in [3.8, 4) is 11.4 Å². The second kappa shape index (κ2) is 11.4. The molecule has 0 aliphatic carbocycles. The molecule has 2 nitrogen and oxygen atoms in total. The van der Waals surface area contributed by atoms with E-state index in [4.69, 9.17) is 0 Å². The molecule has 0 unspecified atom stereocenters. The zero-order chi connectivity index (χ0) is 34.0. The third kappa shape index (κ3) is 4.63. The molecular formula is C48H40N2. The van der Waals surface area contributed by atoms with Crippen LogP contribution >= 0.6 is 0 Å². The van der Waals surface area contributed by atoms with Crippen molar-refractivity contribution in [3.05, 3.63) is 192 Å². The molecule has 2 aromatic heterocycles. The lowest BCUT2D eigenvalue weighted by Crippen LogP contribution is -2.18. The molecule has 0 N–H and O–H groups in total. The summed E-state index contributed by atoms with van der Waals surface area (Å²) in [6, 6.07) is 62.4. The third-order valence-corrected chi connectivity index (χ3v) is 11.1. The van der Waals surface area contributed by atoms with Crippen LogP contribution in [-0.2, 0) is 10.8 Å². The summed E-state index contributed by atoms with van der Waals surface area (Å²) in [5, 5.41) is 5.09. The number of rotatable bonds is 6. The van der Waals surface area contributed by atoms with Crippen molar-refractivity contribution in [3.63, 3.8) is 0 Å². The summed E-state index contributed by atoms with van der Waals surface area (Å²) in [5.74, 6) is 0. The van der Waals surface area contributed by atoms with E-state index in [0.717, 1.165) is 11.4 Å². The second-order valence-corrected chi connectivity index (χ2v) is 14.7. The zero-order valence-corrected chi connectivity index (χ0v) is 29.1. The lowest BCUT2D eigenvalue weighted by Gasteiger charge is -2.26. The number of benzene rings is 7. The summed E-state index contributed by atoms with van der Waals surface area (Å²) in [6.07, 6.45) is 0. The number of fused-ring (bicyclic) bond motifs is 6. The van der Waals surface area contributed by atoms with E-state index in [1.807, 2.05) is 0 Å². The van der Waals surface area contributed by atoms with Gasteiger partial charge in [-0.25, -0.2) is 0 Å². The Hall–Kier alpha value is -5.86. The van der Waals surface area contributed by atoms with Crippen LogP contribution < -0.4 is 0 Å². The Bertz CT molecular complexity index is 2500. The highest BCUT2D eigenvalue weighted by Crippen LogP contribution is 2.40. The fraction of sp³-hybridized carbons (Fsp3) is 0.125. The van der Waals surface area contributed by atoms with Crippen molar-refractivity contribution in [1.82, 2.24) is 9.13 Å². The van der Waals surface area contributed by atoms with Crippen LogP contribution in [0.5, 0.6) is 0 Å². The minimum atomic E-state index is -0.120. The zero-order valence-electron chi connectivity index (χ0n) is 29.1. The first-order valence-electron chi connectivity index (χ1n) is 17.6. The van der Waals surface area contributed by atoms with Gasteiger partial charge in [0, 0.05) is 43.7 Å². The second-order valence-electron chi connectivity index (χ2n) is 14.7. The molecule has 2 heterocycles. The van der Waals surface area contributed by atoms with Crippen molar-refractivity contribution in [1.29, 1.82) is 0 Å². The molecule has 9 rings (SSSR count). The van der Waals surface area contributed by atoms with Crippen LogP contribution in [0, 0.1) is 0 Å². The van der Waals surface area contributed by atoms with Gasteiger partial charge in [0.25, 0.3) is 0 Å². The standard InChI is InChI=1S/C48H40N2/c1-47(2,33-16-7-5-8-17-33)35-26-28-45-41(30-35)39-22-11-13-24-43(39)49(45)37-20-15-21-38(32-37)50-44-25-14-12-23-40(44)42-31-36(27-29-46(42)50)48(3,4)34-18-9-6-10-19-34/h5-32H,1-4H3. The Balaban J connectivity index is 1.21. The van der Waals surface area contributed by atoms with Gasteiger partial charge in [-0.3, -0.25) is 0 Å². The van der Waals surface area contributed by atoms with E-state index in [2.05, 4.69) is 207 Å². The molecule has 0 radical (unpaired) electrons. The molecule has 0 atom stereocenters. The smallest absolute Gasteiger partial charge is 0.0541 e. The van der Waals surface area contributed by atoms with E-state index in [-0.39, 0.29) is 10.8 Å². The van der Waals surface area contributed by atoms with Gasteiger partial charge >= 0.3 is 0 Å². The molecule has 0 bridgehead atoms. The Morgan fingerprint density at radius 1 is 0.300 bits per heavy atom. The van der Waals surface area contributed by atoms with Gasteiger partial charge in [-0.1, -0.05) is 143 Å². The fourth-order valence-corrected chi connectivity index (χ4v) is 8.09. The lowest BCUT2D eigenvalue weighted by molar-refractivity contribution is 0.642. The van der Waals surface area contributed by atoms with Crippen molar-refractivity contribution in [2.45, 2.75) is 38.5 Å². The largest absolute Gasteiger partial charge is 0.309 e. The molecule has 50 heavy (non-hydrogen) atoms. The SMILES string of the molecule is CC(C)(c1ccccc1)c1ccc2c(c1)c1ccccc1n2-c1cccc(-n2c3ccccc3c3cc(C(C)(C)c4ccccc4)ccc32)c1. The van der Waals surface area contributed by atoms with Gasteiger partial charge in [-0.15, -0.1) is 0 Å². The molecule has 9 aromatic rings. The molecular weight excluding hydrogens is 605 g/mol. The topological polar surface area (TPSA) is 9.86 Å². The first-order chi connectivity index (χ1) is 24.3. The van der Waals surface area contributed by atoms with Crippen LogP contribution in [0.4, 0.5) is 0 Å². The van der Waals surface area contributed by atoms with E-state index in [1.54, 1.807) is 0 Å². The molecule has 0 fully saturated rings. The van der Waals surface area contributed by atoms with Gasteiger partial charge < -0.3 is 9.13 Å². The highest BCUT2D eigenvalue weighted by Gasteiger charge is 2.26. The average molecular weight is 645 g/mol. The average Bonchev–Trinajstić information content (AvgIpc) is 3.68. The van der Waals surface area contributed by atoms with Crippen LogP contribution in [0.25, 0.3) is 55.0 Å². The first kappa shape index (κ1) is 30.2. The molecule has 0 saturated carbocycles. The predicted molar refractivity (Wildman–Crippen MR) is 212 cm³/mol. The highest BCUT2D eigenvalue weighted by atomic mass is 15.0. The fourth-order valence-electron chi connectivity index (χ4n) is 8.09. The number of hydrogen-bond acceptors (Lipinski definition) is 0. The molecule has 2 heteroatoms. The Morgan fingerprint density at radius 3 is 1.12 bits per heavy atom. The van der Waals surface area contributed by atoms with Gasteiger partial charge in [0.1, 0.15) is 0 Å². The minimum absolute atomic E-state index is 0.120. The monoisotopic (exact) mass is 644 g/mol. The van der Waals surface area contributed by atoms with Crippen LogP contribution in [0.3, 0.4) is 0 Å². The summed E-state index contributed by atoms with van der Waals surface area (Å²) >= 11 is 0. The molecule has 7 aromatic carbocycles. The van der Waals surface area contributed by atoms with E-state index in [9.17, 15) is 0 Å². The maximum Gasteiger partial charge on any atom is 0.0541 e. The highest BCUT2D eigenvalue weighted by molar-refractivity contribution is 6.11. The van der Waals surface area contributed by atoms with E-state index >= 15 is 0 Å². The molecule has 0 saturated heterocycles. The molecule has 0 amide bonds. The van der Waals surface area contributed by atoms with E-state index in [0.29, 0.717) is 0 Å². The number of nitrogens with zero attached hydrogens (tertiary/aromatic N) is 2. The van der Waals surface area contributed by atoms with Crippen LogP contribution in [0.15, 0.2) is 170 Å². The van der Waals surface area contributed by atoms with Crippen LogP contribution in [0.1, 0.15) is 49.9 Å². The summed E-state index contributed by atoms with van der Waals surface area (Å²) in [6.45, 7) is 9.29. The Kier molecular flexibility index (Phi) is 6.86. The van der Waals surface area contributed by atoms with Gasteiger partial charge in [0.2, 0.25) is 0 Å². The Labute approximate surface area is 293 Å². The normalized spacial score (nSPS) is 12.4. The number of hydrogen-bond donors (Lipinski definition) is 0. The van der Waals surface area contributed by atoms with Crippen LogP contribution in [-0.4, -0.2) is 9.13 Å². The van der Waals surface area contributed by atoms with Crippen molar-refractivity contribution >= 4 is 43.6 Å². The summed E-state index contributed by atoms with van der Waals surface area (Å²) in [7, 11) is 0. The predicted octanol–water partition coefficient (Wildman–Crippen LogP) is 12.5. The van der Waals surface area contributed by atoms with Crippen LogP contribution in [0.2, 0.25) is 0 Å². The minimum Gasteiger partial charge on any atom is -0.309 e. The van der Waals surface area contributed by atoms with E-state index < -0.39 is 0 Å². The summed E-state index contributed by atoms with van der Waals surface area (Å²) in [4.78, 5) is 0. The maximum atomic E-state index is 2.43. The molecule has 0 spiro atoms. The quantitative estimate of drug-likeness (QED) is 0.170. The van der Waals surface area contributed by atoms with Crippen molar-refractivity contribution < 1.29 is 0 Å². The molecule has 242 valence electrons. The summed E-state index contributed by atoms with van der Waals surface area (Å²) < 4.78 is 4.86. The molecule has 0 aliphatic heterocycles. The van der Waals surface area contributed by atoms with Gasteiger partial charge in [0.05, 0.1) is 22.1 Å². The Morgan fingerprint density at radius 2 is 0.680 bits per heavy atom. The van der Waals surface area contributed by atoms with Crippen molar-refractivity contribution in [2.24, 2.45) is 0 Å². The number of aromatic nitrogens is 2. The van der Waals surface area contributed by atoms with Gasteiger partial charge in [-0.2, -0.15) is 0 Å². The maximum absolute atomic E-state index is 2.43. The first-order valence-corrected chi connectivity index (χ1v) is 17.6. The molecule has 0 aliphatic rings. The van der Waals surface area contributed by atoms with Gasteiger partial charge in [0.15, 0.2) is 0 Å². The van der Waals surface area contributed by atoms with Gasteiger partial charge in [-0.05, 0) is 76.9 Å². The lowest BCUT2D eigenvalue weighted by atomic mass is 9.78. The summed E-state index contributed by atoms with van der Waals surface area (Å²) in [5.41, 5.74) is 12.2. The van der Waals surface area contributed by atoms with E-state index in [1.165, 1.54) is 65.9 Å².